The van der Waals surface area contributed by atoms with Crippen molar-refractivity contribution in [2.24, 2.45) is 22.2 Å². The number of nitrogens with zero attached hydrogens (tertiary/aromatic N) is 1. The van der Waals surface area contributed by atoms with Crippen LogP contribution >= 0.6 is 11.6 Å². The van der Waals surface area contributed by atoms with Gasteiger partial charge in [0.2, 0.25) is 0 Å². The van der Waals surface area contributed by atoms with Crippen LogP contribution in [0.1, 0.15) is 49.7 Å². The summed E-state index contributed by atoms with van der Waals surface area (Å²) in [5.41, 5.74) is 4.05. The second-order valence-electron chi connectivity index (χ2n) is 8.71. The van der Waals surface area contributed by atoms with Crippen molar-refractivity contribution < 1.29 is 0 Å². The smallest absolute Gasteiger partial charge is 0.108 e. The molecule has 1 aliphatic heterocycles. The maximum atomic E-state index is 6.16. The Morgan fingerprint density at radius 3 is 2.52 bits per heavy atom. The van der Waals surface area contributed by atoms with E-state index < -0.39 is 0 Å². The van der Waals surface area contributed by atoms with E-state index in [-0.39, 0.29) is 5.41 Å². The first kappa shape index (κ1) is 17.3. The topological polar surface area (TPSA) is 24.4 Å². The lowest BCUT2D eigenvalue weighted by Gasteiger charge is -2.44. The lowest BCUT2D eigenvalue weighted by molar-refractivity contribution is 0.202. The van der Waals surface area contributed by atoms with Gasteiger partial charge in [0.15, 0.2) is 0 Å². The van der Waals surface area contributed by atoms with E-state index in [1.165, 1.54) is 61.2 Å². The summed E-state index contributed by atoms with van der Waals surface area (Å²) in [5.74, 6) is 3.19. The molecule has 0 unspecified atom stereocenters. The molecule has 2 nitrogen and oxygen atoms in total. The van der Waals surface area contributed by atoms with Gasteiger partial charge in [-0.3, -0.25) is 4.99 Å². The molecule has 0 bridgehead atoms. The molecule has 5 rings (SSSR count). The van der Waals surface area contributed by atoms with Gasteiger partial charge < -0.3 is 5.32 Å². The van der Waals surface area contributed by atoms with Crippen LogP contribution in [-0.2, 0) is 13.0 Å². The molecule has 2 saturated carbocycles. The number of amidine groups is 1. The van der Waals surface area contributed by atoms with Crippen molar-refractivity contribution >= 4 is 23.1 Å². The first-order valence-electron chi connectivity index (χ1n) is 10.4. The Morgan fingerprint density at radius 1 is 0.963 bits per heavy atom. The normalized spacial score (nSPS) is 28.8. The number of hydrogen-bond donors (Lipinski definition) is 1. The Hall–Kier alpha value is -1.80. The third kappa shape index (κ3) is 3.52. The highest BCUT2D eigenvalue weighted by Gasteiger charge is 2.45. The van der Waals surface area contributed by atoms with Gasteiger partial charge in [-0.05, 0) is 86.1 Å². The van der Waals surface area contributed by atoms with Gasteiger partial charge in [0.1, 0.15) is 5.84 Å². The lowest BCUT2D eigenvalue weighted by Crippen LogP contribution is -2.44. The highest BCUT2D eigenvalue weighted by molar-refractivity contribution is 6.30. The Bertz CT molecular complexity index is 860. The van der Waals surface area contributed by atoms with Crippen molar-refractivity contribution in [3.05, 3.63) is 64.7 Å². The monoisotopic (exact) mass is 378 g/mol. The molecule has 2 fully saturated rings. The molecule has 140 valence electrons. The van der Waals surface area contributed by atoms with E-state index in [0.29, 0.717) is 6.54 Å². The molecular weight excluding hydrogens is 352 g/mol. The van der Waals surface area contributed by atoms with Crippen LogP contribution in [0.25, 0.3) is 0 Å². The van der Waals surface area contributed by atoms with E-state index in [1.807, 2.05) is 18.2 Å². The summed E-state index contributed by atoms with van der Waals surface area (Å²) in [6.45, 7) is 0.693. The van der Waals surface area contributed by atoms with Crippen molar-refractivity contribution in [3.63, 3.8) is 0 Å². The Kier molecular flexibility index (Phi) is 4.47. The van der Waals surface area contributed by atoms with Crippen LogP contribution in [0.4, 0.5) is 5.69 Å². The minimum absolute atomic E-state index is 0.193. The van der Waals surface area contributed by atoms with Gasteiger partial charge in [-0.15, -0.1) is 0 Å². The number of anilines is 1. The largest absolute Gasteiger partial charge is 0.343 e. The molecule has 1 heterocycles. The van der Waals surface area contributed by atoms with Crippen molar-refractivity contribution in [1.29, 1.82) is 0 Å². The molecule has 3 heteroatoms. The minimum Gasteiger partial charge on any atom is -0.343 e. The average Bonchev–Trinajstić information content (AvgIpc) is 3.52. The maximum absolute atomic E-state index is 6.16. The molecule has 0 aromatic heterocycles. The van der Waals surface area contributed by atoms with E-state index in [9.17, 15) is 0 Å². The lowest BCUT2D eigenvalue weighted by atomic mass is 9.64. The Labute approximate surface area is 167 Å². The summed E-state index contributed by atoms with van der Waals surface area (Å²) in [6, 6.07) is 16.8. The quantitative estimate of drug-likeness (QED) is 0.648. The van der Waals surface area contributed by atoms with Crippen LogP contribution in [0.5, 0.6) is 0 Å². The summed E-state index contributed by atoms with van der Waals surface area (Å²) in [5, 5.41) is 4.51. The maximum Gasteiger partial charge on any atom is 0.108 e. The van der Waals surface area contributed by atoms with Gasteiger partial charge in [0.05, 0.1) is 6.54 Å². The standard InChI is InChI=1S/C24H27ClN2/c25-21-6-3-4-17(14-21)16-26-23-24(12-10-19(11-13-24)18-8-9-18)15-20-5-1-2-7-22(20)27-23/h1-7,14,18-19H,8-13,15-16H2,(H,26,27). The van der Waals surface area contributed by atoms with Gasteiger partial charge in [0, 0.05) is 16.1 Å². The summed E-state index contributed by atoms with van der Waals surface area (Å²) in [6.07, 6.45) is 9.33. The number of hydrogen-bond acceptors (Lipinski definition) is 1. The van der Waals surface area contributed by atoms with E-state index in [1.54, 1.807) is 0 Å². The van der Waals surface area contributed by atoms with Crippen molar-refractivity contribution in [3.8, 4) is 0 Å². The zero-order valence-corrected chi connectivity index (χ0v) is 16.5. The summed E-state index contributed by atoms with van der Waals surface area (Å²) < 4.78 is 0. The van der Waals surface area contributed by atoms with E-state index in [0.717, 1.165) is 23.3 Å². The fourth-order valence-electron chi connectivity index (χ4n) is 5.16. The second kappa shape index (κ2) is 6.98. The molecule has 0 amide bonds. The Morgan fingerprint density at radius 2 is 1.74 bits per heavy atom. The van der Waals surface area contributed by atoms with Crippen molar-refractivity contribution in [2.45, 2.75) is 51.5 Å². The van der Waals surface area contributed by atoms with Gasteiger partial charge in [-0.2, -0.15) is 0 Å². The zero-order chi connectivity index (χ0) is 18.3. The number of rotatable bonds is 3. The number of halogens is 1. The molecule has 27 heavy (non-hydrogen) atoms. The minimum atomic E-state index is 0.193. The molecule has 3 aliphatic rings. The van der Waals surface area contributed by atoms with Crippen LogP contribution in [0.3, 0.4) is 0 Å². The van der Waals surface area contributed by atoms with Crippen LogP contribution in [-0.4, -0.2) is 5.84 Å². The van der Waals surface area contributed by atoms with E-state index in [2.05, 4.69) is 35.6 Å². The van der Waals surface area contributed by atoms with E-state index >= 15 is 0 Å². The fourth-order valence-corrected chi connectivity index (χ4v) is 5.38. The van der Waals surface area contributed by atoms with E-state index in [4.69, 9.17) is 16.6 Å². The number of para-hydroxylation sites is 1. The van der Waals surface area contributed by atoms with Crippen LogP contribution in [0.2, 0.25) is 5.02 Å². The van der Waals surface area contributed by atoms with Gasteiger partial charge in [0.25, 0.3) is 0 Å². The Balaban J connectivity index is 1.43. The van der Waals surface area contributed by atoms with Crippen LogP contribution < -0.4 is 5.32 Å². The van der Waals surface area contributed by atoms with Gasteiger partial charge >= 0.3 is 0 Å². The van der Waals surface area contributed by atoms with Crippen LogP contribution in [0.15, 0.2) is 53.5 Å². The molecule has 2 aromatic rings. The SMILES string of the molecule is Clc1cccc(CN=C2Nc3ccccc3CC23CCC(C2CC2)CC3)c1. The summed E-state index contributed by atoms with van der Waals surface area (Å²) in [7, 11) is 0. The van der Waals surface area contributed by atoms with Crippen molar-refractivity contribution in [1.82, 2.24) is 0 Å². The number of fused-ring (bicyclic) bond motifs is 1. The predicted molar refractivity (Wildman–Crippen MR) is 113 cm³/mol. The third-order valence-electron chi connectivity index (χ3n) is 6.89. The number of aliphatic imine (C=N–C) groups is 1. The summed E-state index contributed by atoms with van der Waals surface area (Å²) >= 11 is 6.16. The first-order valence-corrected chi connectivity index (χ1v) is 10.7. The third-order valence-corrected chi connectivity index (χ3v) is 7.12. The molecular formula is C24H27ClN2. The number of benzene rings is 2. The highest BCUT2D eigenvalue weighted by atomic mass is 35.5. The second-order valence-corrected chi connectivity index (χ2v) is 9.15. The molecule has 1 N–H and O–H groups in total. The average molecular weight is 379 g/mol. The van der Waals surface area contributed by atoms with Gasteiger partial charge in [-0.1, -0.05) is 41.9 Å². The molecule has 2 aliphatic carbocycles. The molecule has 0 atom stereocenters. The molecule has 2 aromatic carbocycles. The summed E-state index contributed by atoms with van der Waals surface area (Å²) in [4.78, 5) is 5.10. The molecule has 0 radical (unpaired) electrons. The highest BCUT2D eigenvalue weighted by Crippen LogP contribution is 2.51. The molecule has 1 spiro atoms. The molecule has 0 saturated heterocycles. The van der Waals surface area contributed by atoms with Crippen molar-refractivity contribution in [2.75, 3.05) is 5.32 Å². The fraction of sp³-hybridized carbons (Fsp3) is 0.458. The predicted octanol–water partition coefficient (Wildman–Crippen LogP) is 6.49. The van der Waals surface area contributed by atoms with Crippen LogP contribution in [0, 0.1) is 17.3 Å². The first-order chi connectivity index (χ1) is 13.2. The number of nitrogens with one attached hydrogen (secondary N) is 1. The zero-order valence-electron chi connectivity index (χ0n) is 15.8. The van der Waals surface area contributed by atoms with Gasteiger partial charge in [-0.25, -0.2) is 0 Å².